The summed E-state index contributed by atoms with van der Waals surface area (Å²) in [7, 11) is 0. The Morgan fingerprint density at radius 3 is 1.23 bits per heavy atom. The molecule has 0 aromatic rings. The second kappa shape index (κ2) is 26.7. The molecule has 0 saturated heterocycles. The summed E-state index contributed by atoms with van der Waals surface area (Å²) in [5, 5.41) is 46.8. The van der Waals surface area contributed by atoms with Crippen LogP contribution < -0.4 is 59.7 Å². The van der Waals surface area contributed by atoms with Crippen LogP contribution in [0.2, 0.25) is 0 Å². The van der Waals surface area contributed by atoms with Crippen LogP contribution in [0.5, 0.6) is 0 Å². The molecule has 0 fully saturated rings. The van der Waals surface area contributed by atoms with Gasteiger partial charge in [0.25, 0.3) is 0 Å². The molecule has 26 nitrogen and oxygen atoms in total. The average molecular weight is 888 g/mol. The molecular formula is C36H61N11O15. The van der Waals surface area contributed by atoms with E-state index in [9.17, 15) is 72.9 Å². The van der Waals surface area contributed by atoms with Crippen molar-refractivity contribution in [2.24, 2.45) is 29.0 Å². The zero-order valence-electron chi connectivity index (χ0n) is 35.6. The Balaban J connectivity index is 6.10. The van der Waals surface area contributed by atoms with Crippen molar-refractivity contribution < 1.29 is 72.9 Å². The normalized spacial score (nSPS) is 15.3. The summed E-state index contributed by atoms with van der Waals surface area (Å²) in [6.07, 6.45) is -3.12. The molecule has 0 aliphatic heterocycles. The first-order chi connectivity index (χ1) is 28.6. The van der Waals surface area contributed by atoms with E-state index in [2.05, 4.69) is 37.2 Å². The summed E-state index contributed by atoms with van der Waals surface area (Å²) in [6.45, 7) is 9.14. The highest BCUT2D eigenvalue weighted by molar-refractivity contribution is 5.98. The smallest absolute Gasteiger partial charge is 0.326 e. The van der Waals surface area contributed by atoms with Gasteiger partial charge in [-0.15, -0.1) is 0 Å². The van der Waals surface area contributed by atoms with E-state index in [1.807, 2.05) is 5.32 Å². The number of rotatable bonds is 28. The molecule has 0 spiro atoms. The van der Waals surface area contributed by atoms with Crippen molar-refractivity contribution in [3.63, 3.8) is 0 Å². The fourth-order valence-corrected chi connectivity index (χ4v) is 5.17. The molecule has 350 valence electrons. The zero-order valence-corrected chi connectivity index (χ0v) is 35.6. The Labute approximate surface area is 356 Å². The Hall–Kier alpha value is -6.44. The van der Waals surface area contributed by atoms with Crippen molar-refractivity contribution in [2.45, 2.75) is 135 Å². The van der Waals surface area contributed by atoms with E-state index in [1.165, 1.54) is 27.7 Å². The number of carboxylic acid groups (broad SMARTS) is 2. The van der Waals surface area contributed by atoms with Crippen molar-refractivity contribution in [2.75, 3.05) is 6.61 Å². The third kappa shape index (κ3) is 20.2. The van der Waals surface area contributed by atoms with E-state index in [-0.39, 0.29) is 0 Å². The van der Waals surface area contributed by atoms with Gasteiger partial charge in [-0.3, -0.25) is 52.7 Å². The monoisotopic (exact) mass is 887 g/mol. The number of nitrogens with two attached hydrogens (primary N) is 3. The fourth-order valence-electron chi connectivity index (χ4n) is 5.17. The van der Waals surface area contributed by atoms with Gasteiger partial charge in [0.1, 0.15) is 48.3 Å². The fraction of sp³-hybridized carbons (Fsp3) is 0.667. The lowest BCUT2D eigenvalue weighted by molar-refractivity contribution is -0.143. The Bertz CT molecular complexity index is 1670. The van der Waals surface area contributed by atoms with Crippen LogP contribution in [0.4, 0.5) is 0 Å². The van der Waals surface area contributed by atoms with Crippen LogP contribution in [-0.2, 0) is 57.5 Å². The molecule has 0 bridgehead atoms. The summed E-state index contributed by atoms with van der Waals surface area (Å²) in [4.78, 5) is 150. The van der Waals surface area contributed by atoms with E-state index in [0.29, 0.717) is 0 Å². The first kappa shape index (κ1) is 55.6. The second-order valence-electron chi connectivity index (χ2n) is 15.1. The minimum Gasteiger partial charge on any atom is -0.481 e. The maximum Gasteiger partial charge on any atom is 0.326 e. The number of hydrogen-bond acceptors (Lipinski definition) is 14. The quantitative estimate of drug-likeness (QED) is 0.0347. The average Bonchev–Trinajstić information content (AvgIpc) is 3.16. The topological polar surface area (TPSA) is 440 Å². The summed E-state index contributed by atoms with van der Waals surface area (Å²) >= 11 is 0. The van der Waals surface area contributed by atoms with Crippen LogP contribution in [0.15, 0.2) is 0 Å². The number of aliphatic carboxylic acids is 2. The largest absolute Gasteiger partial charge is 0.481 e. The van der Waals surface area contributed by atoms with Crippen molar-refractivity contribution in [1.82, 2.24) is 42.5 Å². The molecule has 0 aliphatic rings. The lowest BCUT2D eigenvalue weighted by Gasteiger charge is -2.28. The number of amides is 10. The summed E-state index contributed by atoms with van der Waals surface area (Å²) < 4.78 is 0. The first-order valence-corrected chi connectivity index (χ1v) is 19.4. The van der Waals surface area contributed by atoms with Gasteiger partial charge in [0.15, 0.2) is 0 Å². The van der Waals surface area contributed by atoms with Crippen LogP contribution in [0.3, 0.4) is 0 Å². The molecule has 0 rings (SSSR count). The third-order valence-corrected chi connectivity index (χ3v) is 8.84. The molecule has 0 aromatic heterocycles. The van der Waals surface area contributed by atoms with Crippen molar-refractivity contribution in [3.05, 3.63) is 0 Å². The Morgan fingerprint density at radius 2 is 0.823 bits per heavy atom. The van der Waals surface area contributed by atoms with Gasteiger partial charge in [-0.25, -0.2) is 4.79 Å². The van der Waals surface area contributed by atoms with Crippen molar-refractivity contribution >= 4 is 71.0 Å². The van der Waals surface area contributed by atoms with Gasteiger partial charge >= 0.3 is 11.9 Å². The van der Waals surface area contributed by atoms with Crippen LogP contribution in [0, 0.1) is 11.8 Å². The highest BCUT2D eigenvalue weighted by Crippen LogP contribution is 2.08. The number of hydrogen-bond donors (Lipinski definition) is 14. The first-order valence-electron chi connectivity index (χ1n) is 19.4. The number of aliphatic hydroxyl groups is 1. The van der Waals surface area contributed by atoms with Gasteiger partial charge in [-0.2, -0.15) is 0 Å². The van der Waals surface area contributed by atoms with Crippen LogP contribution in [0.1, 0.15) is 80.6 Å². The van der Waals surface area contributed by atoms with Crippen LogP contribution >= 0.6 is 0 Å². The van der Waals surface area contributed by atoms with E-state index in [0.717, 1.165) is 6.92 Å². The predicted molar refractivity (Wildman–Crippen MR) is 214 cm³/mol. The van der Waals surface area contributed by atoms with Crippen LogP contribution in [0.25, 0.3) is 0 Å². The number of primary amides is 2. The minimum atomic E-state index is -1.79. The molecular weight excluding hydrogens is 826 g/mol. The number of carboxylic acids is 2. The molecule has 0 radical (unpaired) electrons. The maximum atomic E-state index is 13.5. The molecule has 0 unspecified atom stereocenters. The molecule has 0 heterocycles. The Kier molecular flexibility index (Phi) is 23.9. The molecule has 0 aliphatic carbocycles. The zero-order chi connectivity index (χ0) is 48.2. The summed E-state index contributed by atoms with van der Waals surface area (Å²) in [6, 6.07) is -13.1. The highest BCUT2D eigenvalue weighted by atomic mass is 16.4. The number of aliphatic hydroxyl groups excluding tert-OH is 1. The van der Waals surface area contributed by atoms with Crippen molar-refractivity contribution in [1.29, 1.82) is 0 Å². The Morgan fingerprint density at radius 1 is 0.452 bits per heavy atom. The predicted octanol–water partition coefficient (Wildman–Crippen LogP) is -6.35. The lowest BCUT2D eigenvalue weighted by atomic mass is 10.0. The van der Waals surface area contributed by atoms with Gasteiger partial charge in [0.2, 0.25) is 59.1 Å². The van der Waals surface area contributed by atoms with E-state index < -0.39 is 176 Å². The summed E-state index contributed by atoms with van der Waals surface area (Å²) in [5.74, 6) is -13.8. The molecule has 0 aromatic carbocycles. The van der Waals surface area contributed by atoms with Gasteiger partial charge in [-0.05, 0) is 45.4 Å². The second-order valence-corrected chi connectivity index (χ2v) is 15.1. The molecule has 17 N–H and O–H groups in total. The van der Waals surface area contributed by atoms with E-state index in [4.69, 9.17) is 17.2 Å². The van der Waals surface area contributed by atoms with Crippen LogP contribution in [-0.4, -0.2) is 147 Å². The molecule has 26 heteroatoms. The number of carbonyl (C=O) groups excluding carboxylic acids is 10. The van der Waals surface area contributed by atoms with E-state index in [1.54, 1.807) is 13.8 Å². The number of carbonyl (C=O) groups is 12. The van der Waals surface area contributed by atoms with Gasteiger partial charge in [0, 0.05) is 12.8 Å². The lowest BCUT2D eigenvalue weighted by Crippen LogP contribution is -2.61. The number of nitrogens with one attached hydrogen (secondary N) is 8. The molecule has 9 atom stereocenters. The van der Waals surface area contributed by atoms with Gasteiger partial charge < -0.3 is 75.1 Å². The maximum absolute atomic E-state index is 13.5. The molecule has 62 heavy (non-hydrogen) atoms. The molecule has 10 amide bonds. The van der Waals surface area contributed by atoms with Gasteiger partial charge in [-0.1, -0.05) is 27.7 Å². The van der Waals surface area contributed by atoms with Gasteiger partial charge in [0.05, 0.1) is 19.1 Å². The SMILES string of the molecule is CC(C)[C@H](NC(=O)[C@H](C)N)C(=O)N[C@@H](C)C(=O)N[C@H](C(=O)N[C@@H](CO)C(=O)N[C@@H](CCC(N)=O)C(=O)N[C@@H](CCC(=O)O)C(=O)N[C@@H](C)C(=O)N[C@@H](CC(N)=O)C(=O)O)C(C)C. The third-order valence-electron chi connectivity index (χ3n) is 8.84. The summed E-state index contributed by atoms with van der Waals surface area (Å²) in [5.41, 5.74) is 15.8. The standard InChI is InChI=1S/C36H61N11O15/c1-14(2)26(46-28(53)16(5)37)34(59)41-18(7)30(55)47-27(15(3)4)35(60)45-22(13-48)33(58)43-19(8-10-23(38)49)32(57)42-20(9-11-25(51)52)31(56)40-17(6)29(54)44-21(36(61)62)12-24(39)50/h14-22,26-27,48H,8-13,37H2,1-7H3,(H2,38,49)(H2,39,50)(H,40,56)(H,41,59)(H,42,57)(H,43,58)(H,44,54)(H,45,60)(H,46,53)(H,47,55)(H,51,52)(H,61,62)/t16-,17-,18-,19-,20-,21-,22-,26-,27-/m0/s1. The highest BCUT2D eigenvalue weighted by Gasteiger charge is 2.35. The van der Waals surface area contributed by atoms with E-state index >= 15 is 0 Å². The van der Waals surface area contributed by atoms with Crippen molar-refractivity contribution in [3.8, 4) is 0 Å². The molecule has 0 saturated carbocycles. The minimum absolute atomic E-state index is 0.407.